The van der Waals surface area contributed by atoms with Crippen molar-refractivity contribution >= 4 is 27.5 Å². The SMILES string of the molecule is O[C@H](c1ccc(Br)cc1Cl)[C@H]1O[C@H](COCc2ccccc2)[C@@H](OCc2ccccc2)[C@H](OCc2ccccc2)[C@@H]1OCc1ccccc1. The Bertz CT molecular complexity index is 1700. The normalized spacial score (nSPS) is 21.3. The Labute approximate surface area is 301 Å². The Morgan fingerprint density at radius 2 is 1.04 bits per heavy atom. The van der Waals surface area contributed by atoms with Crippen LogP contribution in [-0.2, 0) is 50.1 Å². The van der Waals surface area contributed by atoms with Crippen molar-refractivity contribution in [2.24, 2.45) is 0 Å². The van der Waals surface area contributed by atoms with Crippen molar-refractivity contribution < 1.29 is 28.8 Å². The standard InChI is InChI=1S/C41H40BrClO6/c42-33-21-22-34(35(43)23-33)37(44)39-41(48-27-32-19-11-4-12-20-32)40(47-26-31-17-9-3-10-18-31)38(46-25-30-15-7-2-8-16-30)36(49-39)28-45-24-29-13-5-1-6-14-29/h1-23,36-41,44H,24-28H2/t36-,37-,38-,39-,40+,41-/m1/s1. The number of benzene rings is 5. The van der Waals surface area contributed by atoms with Gasteiger partial charge in [-0.15, -0.1) is 0 Å². The van der Waals surface area contributed by atoms with E-state index in [1.165, 1.54) is 0 Å². The van der Waals surface area contributed by atoms with Crippen LogP contribution < -0.4 is 0 Å². The summed E-state index contributed by atoms with van der Waals surface area (Å²) in [6.45, 7) is 1.50. The minimum Gasteiger partial charge on any atom is -0.386 e. The number of aliphatic hydroxyl groups is 1. The number of hydrogen-bond acceptors (Lipinski definition) is 6. The molecule has 0 unspecified atom stereocenters. The fourth-order valence-electron chi connectivity index (χ4n) is 6.00. The molecule has 5 aromatic carbocycles. The predicted octanol–water partition coefficient (Wildman–Crippen LogP) is 8.88. The minimum atomic E-state index is -1.14. The van der Waals surface area contributed by atoms with E-state index in [4.69, 9.17) is 35.3 Å². The molecule has 0 bridgehead atoms. The molecule has 5 aromatic rings. The molecule has 1 N–H and O–H groups in total. The molecule has 6 atom stereocenters. The smallest absolute Gasteiger partial charge is 0.117 e. The number of hydrogen-bond donors (Lipinski definition) is 1. The largest absolute Gasteiger partial charge is 0.386 e. The molecule has 1 fully saturated rings. The number of halogens is 2. The van der Waals surface area contributed by atoms with Gasteiger partial charge >= 0.3 is 0 Å². The van der Waals surface area contributed by atoms with Crippen LogP contribution in [0, 0.1) is 0 Å². The molecule has 0 aromatic heterocycles. The highest BCUT2D eigenvalue weighted by molar-refractivity contribution is 9.10. The van der Waals surface area contributed by atoms with Crippen LogP contribution in [-0.4, -0.2) is 42.2 Å². The molecular formula is C41H40BrClO6. The Balaban J connectivity index is 1.36. The first-order valence-corrected chi connectivity index (χ1v) is 17.6. The van der Waals surface area contributed by atoms with Crippen molar-refractivity contribution in [2.75, 3.05) is 6.61 Å². The minimum absolute atomic E-state index is 0.197. The molecule has 6 rings (SSSR count). The lowest BCUT2D eigenvalue weighted by atomic mass is 9.89. The third-order valence-electron chi connectivity index (χ3n) is 8.51. The molecule has 254 valence electrons. The Hall–Kier alpha value is -3.37. The highest BCUT2D eigenvalue weighted by Crippen LogP contribution is 2.38. The second kappa shape index (κ2) is 18.0. The van der Waals surface area contributed by atoms with Crippen LogP contribution >= 0.6 is 27.5 Å². The molecule has 0 spiro atoms. The molecule has 1 aliphatic rings. The van der Waals surface area contributed by atoms with Crippen LogP contribution in [0.5, 0.6) is 0 Å². The van der Waals surface area contributed by atoms with Crippen molar-refractivity contribution in [1.29, 1.82) is 0 Å². The Morgan fingerprint density at radius 3 is 1.53 bits per heavy atom. The van der Waals surface area contributed by atoms with E-state index in [1.807, 2.05) is 127 Å². The van der Waals surface area contributed by atoms with Crippen LogP contribution in [0.4, 0.5) is 0 Å². The van der Waals surface area contributed by atoms with Gasteiger partial charge in [0.05, 0.1) is 33.0 Å². The van der Waals surface area contributed by atoms with Gasteiger partial charge in [-0.1, -0.05) is 155 Å². The van der Waals surface area contributed by atoms with Gasteiger partial charge in [0.25, 0.3) is 0 Å². The maximum Gasteiger partial charge on any atom is 0.117 e. The van der Waals surface area contributed by atoms with Gasteiger partial charge in [-0.25, -0.2) is 0 Å². The number of ether oxygens (including phenoxy) is 5. The summed E-state index contributed by atoms with van der Waals surface area (Å²) in [6.07, 6.45) is -4.63. The van der Waals surface area contributed by atoms with Gasteiger partial charge < -0.3 is 28.8 Å². The highest BCUT2D eigenvalue weighted by atomic mass is 79.9. The van der Waals surface area contributed by atoms with Crippen molar-refractivity contribution in [3.63, 3.8) is 0 Å². The predicted molar refractivity (Wildman–Crippen MR) is 194 cm³/mol. The van der Waals surface area contributed by atoms with Crippen LogP contribution in [0.2, 0.25) is 5.02 Å². The van der Waals surface area contributed by atoms with Gasteiger partial charge in [-0.05, 0) is 34.4 Å². The quantitative estimate of drug-likeness (QED) is 0.116. The average molecular weight is 744 g/mol. The third-order valence-corrected chi connectivity index (χ3v) is 9.33. The molecule has 6 nitrogen and oxygen atoms in total. The monoisotopic (exact) mass is 742 g/mol. The zero-order valence-electron chi connectivity index (χ0n) is 27.0. The van der Waals surface area contributed by atoms with Crippen molar-refractivity contribution in [1.82, 2.24) is 0 Å². The van der Waals surface area contributed by atoms with E-state index in [-0.39, 0.29) is 13.2 Å². The summed E-state index contributed by atoms with van der Waals surface area (Å²) >= 11 is 10.2. The van der Waals surface area contributed by atoms with E-state index in [2.05, 4.69) is 15.9 Å². The molecule has 1 saturated heterocycles. The van der Waals surface area contributed by atoms with Crippen LogP contribution in [0.1, 0.15) is 33.9 Å². The van der Waals surface area contributed by atoms with Gasteiger partial charge in [-0.2, -0.15) is 0 Å². The summed E-state index contributed by atoms with van der Waals surface area (Å²) in [6, 6.07) is 45.3. The lowest BCUT2D eigenvalue weighted by Gasteiger charge is -2.47. The summed E-state index contributed by atoms with van der Waals surface area (Å²) in [7, 11) is 0. The fourth-order valence-corrected chi connectivity index (χ4v) is 6.78. The highest BCUT2D eigenvalue weighted by Gasteiger charge is 2.51. The van der Waals surface area contributed by atoms with Crippen molar-refractivity contribution in [2.45, 2.75) is 63.1 Å². The van der Waals surface area contributed by atoms with Crippen LogP contribution in [0.25, 0.3) is 0 Å². The first-order chi connectivity index (χ1) is 24.0. The summed E-state index contributed by atoms with van der Waals surface area (Å²) in [5, 5.41) is 12.5. The molecule has 8 heteroatoms. The lowest BCUT2D eigenvalue weighted by Crippen LogP contribution is -2.62. The maximum absolute atomic E-state index is 12.1. The summed E-state index contributed by atoms with van der Waals surface area (Å²) in [5.41, 5.74) is 4.56. The molecule has 0 aliphatic carbocycles. The molecule has 1 aliphatic heterocycles. The number of rotatable bonds is 15. The van der Waals surface area contributed by atoms with E-state index < -0.39 is 36.6 Å². The topological polar surface area (TPSA) is 66.4 Å². The zero-order chi connectivity index (χ0) is 33.8. The first-order valence-electron chi connectivity index (χ1n) is 16.4. The third kappa shape index (κ3) is 9.87. The lowest BCUT2D eigenvalue weighted by molar-refractivity contribution is -0.287. The fraction of sp³-hybridized carbons (Fsp3) is 0.268. The van der Waals surface area contributed by atoms with E-state index >= 15 is 0 Å². The molecule has 1 heterocycles. The van der Waals surface area contributed by atoms with Crippen molar-refractivity contribution in [3.8, 4) is 0 Å². The van der Waals surface area contributed by atoms with Gasteiger partial charge in [0.15, 0.2) is 0 Å². The van der Waals surface area contributed by atoms with Crippen molar-refractivity contribution in [3.05, 3.63) is 177 Å². The first kappa shape index (κ1) is 35.5. The Morgan fingerprint density at radius 1 is 0.592 bits per heavy atom. The molecule has 49 heavy (non-hydrogen) atoms. The van der Waals surface area contributed by atoms with Gasteiger partial charge in [0.1, 0.15) is 36.6 Å². The number of aliphatic hydroxyl groups excluding tert-OH is 1. The maximum atomic E-state index is 12.1. The van der Waals surface area contributed by atoms with E-state index in [0.29, 0.717) is 30.4 Å². The van der Waals surface area contributed by atoms with Gasteiger partial charge in [0, 0.05) is 15.1 Å². The van der Waals surface area contributed by atoms with E-state index in [0.717, 1.165) is 26.7 Å². The van der Waals surface area contributed by atoms with E-state index in [1.54, 1.807) is 12.1 Å². The summed E-state index contributed by atoms with van der Waals surface area (Å²) in [4.78, 5) is 0. The molecular weight excluding hydrogens is 704 g/mol. The Kier molecular flexibility index (Phi) is 13.1. The average Bonchev–Trinajstić information content (AvgIpc) is 3.14. The summed E-state index contributed by atoms with van der Waals surface area (Å²) < 4.78 is 34.1. The van der Waals surface area contributed by atoms with Crippen LogP contribution in [0.15, 0.2) is 144 Å². The second-order valence-electron chi connectivity index (χ2n) is 12.0. The second-order valence-corrected chi connectivity index (χ2v) is 13.4. The molecule has 0 amide bonds. The van der Waals surface area contributed by atoms with E-state index in [9.17, 15) is 5.11 Å². The van der Waals surface area contributed by atoms with Gasteiger partial charge in [0.2, 0.25) is 0 Å². The van der Waals surface area contributed by atoms with Gasteiger partial charge in [-0.3, -0.25) is 0 Å². The molecule has 0 radical (unpaired) electrons. The summed E-state index contributed by atoms with van der Waals surface area (Å²) in [5.74, 6) is 0. The zero-order valence-corrected chi connectivity index (χ0v) is 29.4. The van der Waals surface area contributed by atoms with Crippen LogP contribution in [0.3, 0.4) is 0 Å². The molecule has 0 saturated carbocycles.